The van der Waals surface area contributed by atoms with E-state index in [4.69, 9.17) is 4.74 Å². The lowest BCUT2D eigenvalue weighted by atomic mass is 10.1. The van der Waals surface area contributed by atoms with E-state index in [1.807, 2.05) is 30.3 Å². The molecule has 0 aromatic heterocycles. The Kier molecular flexibility index (Phi) is 7.35. The number of hydrazone groups is 1. The normalized spacial score (nSPS) is 14.1. The molecule has 2 amide bonds. The number of nitrogens with one attached hydrogen (secondary N) is 1. The van der Waals surface area contributed by atoms with Crippen LogP contribution in [0.2, 0.25) is 0 Å². The van der Waals surface area contributed by atoms with Crippen LogP contribution in [0.1, 0.15) is 36.4 Å². The van der Waals surface area contributed by atoms with E-state index in [-0.39, 0.29) is 18.7 Å². The van der Waals surface area contributed by atoms with Crippen LogP contribution < -0.4 is 5.32 Å². The summed E-state index contributed by atoms with van der Waals surface area (Å²) < 4.78 is 5.65. The molecule has 1 N–H and O–H groups in total. The van der Waals surface area contributed by atoms with Crippen LogP contribution in [0.15, 0.2) is 64.2 Å². The van der Waals surface area contributed by atoms with Crippen LogP contribution in [0.4, 0.5) is 0 Å². The Morgan fingerprint density at radius 1 is 1.10 bits per heavy atom. The van der Waals surface area contributed by atoms with Gasteiger partial charge in [0.1, 0.15) is 0 Å². The van der Waals surface area contributed by atoms with Gasteiger partial charge >= 0.3 is 5.97 Å². The molecule has 0 saturated heterocycles. The molecule has 30 heavy (non-hydrogen) atoms. The lowest BCUT2D eigenvalue weighted by Crippen LogP contribution is -2.35. The molecular formula is C22H22BrN3O4. The van der Waals surface area contributed by atoms with Crippen molar-refractivity contribution in [2.75, 3.05) is 13.7 Å². The van der Waals surface area contributed by atoms with Gasteiger partial charge in [0.2, 0.25) is 11.8 Å². The van der Waals surface area contributed by atoms with Gasteiger partial charge in [-0.3, -0.25) is 9.59 Å². The Hall–Kier alpha value is -3.00. The zero-order valence-electron chi connectivity index (χ0n) is 16.5. The highest BCUT2D eigenvalue weighted by Gasteiger charge is 2.25. The number of methoxy groups -OCH3 is 1. The Labute approximate surface area is 183 Å². The largest absolute Gasteiger partial charge is 0.467 e. The van der Waals surface area contributed by atoms with Crippen molar-refractivity contribution in [3.05, 3.63) is 70.2 Å². The number of carbonyl (C=O) groups excluding carboxylic acids is 3. The fraction of sp³-hybridized carbons (Fsp3) is 0.273. The molecule has 0 fully saturated rings. The molecule has 0 radical (unpaired) electrons. The van der Waals surface area contributed by atoms with E-state index < -0.39 is 17.9 Å². The second-order valence-electron chi connectivity index (χ2n) is 6.75. The third-order valence-corrected chi connectivity index (χ3v) is 5.24. The minimum Gasteiger partial charge on any atom is -0.467 e. The van der Waals surface area contributed by atoms with Crippen LogP contribution in [-0.2, 0) is 19.1 Å². The zero-order valence-corrected chi connectivity index (χ0v) is 18.1. The molecule has 0 saturated carbocycles. The van der Waals surface area contributed by atoms with E-state index >= 15 is 0 Å². The average molecular weight is 472 g/mol. The molecule has 1 unspecified atom stereocenters. The highest BCUT2D eigenvalue weighted by Crippen LogP contribution is 2.19. The third-order valence-electron chi connectivity index (χ3n) is 4.71. The van der Waals surface area contributed by atoms with Gasteiger partial charge in [0.15, 0.2) is 6.04 Å². The van der Waals surface area contributed by atoms with Crippen molar-refractivity contribution in [3.63, 3.8) is 0 Å². The van der Waals surface area contributed by atoms with Crippen molar-refractivity contribution in [2.45, 2.75) is 25.3 Å². The second kappa shape index (κ2) is 10.2. The first-order valence-electron chi connectivity index (χ1n) is 9.54. The molecule has 1 aliphatic heterocycles. The maximum atomic E-state index is 12.5. The smallest absolute Gasteiger partial charge is 0.333 e. The molecule has 1 heterocycles. The van der Waals surface area contributed by atoms with Crippen molar-refractivity contribution in [1.82, 2.24) is 10.3 Å². The Bertz CT molecular complexity index is 945. The number of rotatable bonds is 7. The Morgan fingerprint density at radius 3 is 2.47 bits per heavy atom. The summed E-state index contributed by atoms with van der Waals surface area (Å²) in [5.41, 5.74) is 2.44. The van der Waals surface area contributed by atoms with Crippen molar-refractivity contribution in [1.29, 1.82) is 0 Å². The monoisotopic (exact) mass is 471 g/mol. The lowest BCUT2D eigenvalue weighted by Gasteiger charge is -2.17. The van der Waals surface area contributed by atoms with E-state index in [1.54, 1.807) is 24.3 Å². The first-order valence-corrected chi connectivity index (χ1v) is 10.3. The summed E-state index contributed by atoms with van der Waals surface area (Å²) in [6, 6.07) is 15.8. The maximum absolute atomic E-state index is 12.5. The number of ether oxygens (including phenoxy) is 1. The van der Waals surface area contributed by atoms with Gasteiger partial charge in [0, 0.05) is 23.7 Å². The van der Waals surface area contributed by atoms with Crippen LogP contribution in [-0.4, -0.2) is 42.2 Å². The standard InChI is InChI=1S/C22H22BrN3O4/c1-30-22(29)21(16-7-9-17(23)10-8-16)24-19(27)11-12-20(28)26-14-13-18(25-26)15-5-3-2-4-6-15/h2-10,21H,11-14H2,1H3,(H,24,27). The molecule has 1 aliphatic rings. The van der Waals surface area contributed by atoms with Crippen molar-refractivity contribution >= 4 is 39.4 Å². The summed E-state index contributed by atoms with van der Waals surface area (Å²) in [6.45, 7) is 0.494. The fourth-order valence-electron chi connectivity index (χ4n) is 3.10. The maximum Gasteiger partial charge on any atom is 0.333 e. The predicted molar refractivity (Wildman–Crippen MR) is 116 cm³/mol. The first-order chi connectivity index (χ1) is 14.5. The van der Waals surface area contributed by atoms with E-state index in [0.29, 0.717) is 18.5 Å². The molecule has 0 spiro atoms. The zero-order chi connectivity index (χ0) is 21.5. The van der Waals surface area contributed by atoms with E-state index in [1.165, 1.54) is 12.1 Å². The van der Waals surface area contributed by atoms with Gasteiger partial charge in [0.05, 0.1) is 19.4 Å². The number of halogens is 1. The summed E-state index contributed by atoms with van der Waals surface area (Å²) >= 11 is 3.34. The van der Waals surface area contributed by atoms with Crippen LogP contribution in [0.25, 0.3) is 0 Å². The molecule has 0 aliphatic carbocycles. The summed E-state index contributed by atoms with van der Waals surface area (Å²) in [6.07, 6.45) is 0.636. The van der Waals surface area contributed by atoms with Crippen LogP contribution in [0, 0.1) is 0 Å². The summed E-state index contributed by atoms with van der Waals surface area (Å²) in [4.78, 5) is 36.9. The number of benzene rings is 2. The van der Waals surface area contributed by atoms with Gasteiger partial charge in [-0.1, -0.05) is 58.4 Å². The molecule has 8 heteroatoms. The molecule has 3 rings (SSSR count). The summed E-state index contributed by atoms with van der Waals surface area (Å²) in [7, 11) is 1.26. The van der Waals surface area contributed by atoms with E-state index in [0.717, 1.165) is 15.7 Å². The highest BCUT2D eigenvalue weighted by molar-refractivity contribution is 9.10. The van der Waals surface area contributed by atoms with E-state index in [9.17, 15) is 14.4 Å². The number of nitrogens with zero attached hydrogens (tertiary/aromatic N) is 2. The molecule has 7 nitrogen and oxygen atoms in total. The third kappa shape index (κ3) is 5.54. The number of hydrogen-bond acceptors (Lipinski definition) is 5. The van der Waals surface area contributed by atoms with Gasteiger partial charge in [-0.25, -0.2) is 9.80 Å². The highest BCUT2D eigenvalue weighted by atomic mass is 79.9. The number of amides is 2. The molecule has 2 aromatic carbocycles. The molecule has 156 valence electrons. The summed E-state index contributed by atoms with van der Waals surface area (Å²) in [5, 5.41) is 8.44. The molecule has 1 atom stereocenters. The van der Waals surface area contributed by atoms with Gasteiger partial charge in [-0.05, 0) is 23.3 Å². The van der Waals surface area contributed by atoms with Crippen LogP contribution in [0.5, 0.6) is 0 Å². The van der Waals surface area contributed by atoms with Crippen LogP contribution >= 0.6 is 15.9 Å². The lowest BCUT2D eigenvalue weighted by molar-refractivity contribution is -0.145. The van der Waals surface area contributed by atoms with Gasteiger partial charge < -0.3 is 10.1 Å². The predicted octanol–water partition coefficient (Wildman–Crippen LogP) is 3.20. The SMILES string of the molecule is COC(=O)C(NC(=O)CCC(=O)N1CCC(c2ccccc2)=N1)c1ccc(Br)cc1. The minimum absolute atomic E-state index is 0.00559. The van der Waals surface area contributed by atoms with Gasteiger partial charge in [-0.15, -0.1) is 0 Å². The van der Waals surface area contributed by atoms with E-state index in [2.05, 4.69) is 26.3 Å². The van der Waals surface area contributed by atoms with Crippen molar-refractivity contribution in [2.24, 2.45) is 5.10 Å². The Balaban J connectivity index is 1.56. The topological polar surface area (TPSA) is 88.1 Å². The minimum atomic E-state index is -0.930. The van der Waals surface area contributed by atoms with Crippen LogP contribution in [0.3, 0.4) is 0 Å². The average Bonchev–Trinajstić information content (AvgIpc) is 3.27. The quantitative estimate of drug-likeness (QED) is 0.627. The number of hydrogen-bond donors (Lipinski definition) is 1. The van der Waals surface area contributed by atoms with Crippen molar-refractivity contribution in [3.8, 4) is 0 Å². The van der Waals surface area contributed by atoms with Gasteiger partial charge in [0.25, 0.3) is 0 Å². The summed E-state index contributed by atoms with van der Waals surface area (Å²) in [5.74, 6) is -1.21. The number of esters is 1. The molecular weight excluding hydrogens is 450 g/mol. The number of carbonyl (C=O) groups is 3. The van der Waals surface area contributed by atoms with Gasteiger partial charge in [-0.2, -0.15) is 5.10 Å². The second-order valence-corrected chi connectivity index (χ2v) is 7.67. The fourth-order valence-corrected chi connectivity index (χ4v) is 3.37. The molecule has 2 aromatic rings. The first kappa shape index (κ1) is 21.7. The Morgan fingerprint density at radius 2 is 1.80 bits per heavy atom. The van der Waals surface area contributed by atoms with Crippen molar-refractivity contribution < 1.29 is 19.1 Å². The molecule has 0 bridgehead atoms.